The highest BCUT2D eigenvalue weighted by atomic mass is 79.9. The minimum Gasteiger partial charge on any atom is -0.324 e. The molecule has 0 saturated carbocycles. The van der Waals surface area contributed by atoms with Gasteiger partial charge in [-0.2, -0.15) is 0 Å². The molecule has 1 N–H and O–H groups in total. The summed E-state index contributed by atoms with van der Waals surface area (Å²) in [6, 6.07) is 5.71. The van der Waals surface area contributed by atoms with Gasteiger partial charge in [-0.25, -0.2) is 0 Å². The van der Waals surface area contributed by atoms with Crippen molar-refractivity contribution in [3.8, 4) is 0 Å². The first kappa shape index (κ1) is 11.5. The highest BCUT2D eigenvalue weighted by Gasteiger charge is 2.11. The van der Waals surface area contributed by atoms with E-state index in [0.29, 0.717) is 5.69 Å². The van der Waals surface area contributed by atoms with Crippen LogP contribution in [0.25, 0.3) is 10.9 Å². The molecule has 82 valence electrons. The number of rotatable bonds is 1. The van der Waals surface area contributed by atoms with Crippen LogP contribution >= 0.6 is 31.9 Å². The summed E-state index contributed by atoms with van der Waals surface area (Å²) in [5, 5.41) is 3.74. The number of aromatic nitrogens is 1. The van der Waals surface area contributed by atoms with Crippen molar-refractivity contribution in [2.75, 3.05) is 5.32 Å². The summed E-state index contributed by atoms with van der Waals surface area (Å²) in [5.74, 6) is -0.116. The fraction of sp³-hybridized carbons (Fsp3) is 0.0909. The quantitative estimate of drug-likeness (QED) is 0.857. The number of hydrogen-bond acceptors (Lipinski definition) is 2. The van der Waals surface area contributed by atoms with Gasteiger partial charge in [-0.15, -0.1) is 0 Å². The van der Waals surface area contributed by atoms with Crippen LogP contribution in [0, 0.1) is 0 Å². The van der Waals surface area contributed by atoms with Gasteiger partial charge in [0.2, 0.25) is 5.91 Å². The van der Waals surface area contributed by atoms with Crippen LogP contribution in [0.4, 0.5) is 5.69 Å². The van der Waals surface area contributed by atoms with Gasteiger partial charge in [0, 0.05) is 27.5 Å². The second kappa shape index (κ2) is 4.51. The zero-order valence-electron chi connectivity index (χ0n) is 8.42. The summed E-state index contributed by atoms with van der Waals surface area (Å²) in [6.45, 7) is 1.48. The van der Waals surface area contributed by atoms with E-state index in [4.69, 9.17) is 0 Å². The molecule has 0 radical (unpaired) electrons. The van der Waals surface area contributed by atoms with Crippen molar-refractivity contribution in [1.29, 1.82) is 0 Å². The van der Waals surface area contributed by atoms with Crippen molar-refractivity contribution in [2.45, 2.75) is 6.92 Å². The molecule has 2 rings (SSSR count). The lowest BCUT2D eigenvalue weighted by Crippen LogP contribution is -2.07. The number of carbonyl (C=O) groups excluding carboxylic acids is 1. The van der Waals surface area contributed by atoms with Crippen LogP contribution < -0.4 is 5.32 Å². The lowest BCUT2D eigenvalue weighted by molar-refractivity contribution is -0.114. The molecule has 1 heterocycles. The molecule has 0 aliphatic carbocycles. The Morgan fingerprint density at radius 3 is 2.81 bits per heavy atom. The molecular weight excluding hydrogens is 336 g/mol. The molecule has 1 aromatic carbocycles. The Balaban J connectivity index is 2.76. The average molecular weight is 344 g/mol. The number of carbonyl (C=O) groups is 1. The normalized spacial score (nSPS) is 10.4. The summed E-state index contributed by atoms with van der Waals surface area (Å²) >= 11 is 6.88. The third-order valence-electron chi connectivity index (χ3n) is 2.10. The zero-order valence-corrected chi connectivity index (χ0v) is 11.6. The SMILES string of the molecule is CC(=O)Nc1c(Br)cc(Br)c2cccnc12. The molecule has 0 aliphatic heterocycles. The summed E-state index contributed by atoms with van der Waals surface area (Å²) < 4.78 is 1.75. The summed E-state index contributed by atoms with van der Waals surface area (Å²) in [4.78, 5) is 15.4. The van der Waals surface area contributed by atoms with Crippen molar-refractivity contribution in [3.63, 3.8) is 0 Å². The van der Waals surface area contributed by atoms with Crippen molar-refractivity contribution in [3.05, 3.63) is 33.3 Å². The summed E-state index contributed by atoms with van der Waals surface area (Å²) in [6.07, 6.45) is 1.70. The molecule has 1 amide bonds. The first-order valence-electron chi connectivity index (χ1n) is 4.60. The van der Waals surface area contributed by atoms with Crippen molar-refractivity contribution in [1.82, 2.24) is 4.98 Å². The van der Waals surface area contributed by atoms with Crippen LogP contribution in [0.5, 0.6) is 0 Å². The second-order valence-electron chi connectivity index (χ2n) is 3.30. The first-order chi connectivity index (χ1) is 7.59. The average Bonchev–Trinajstić information content (AvgIpc) is 2.24. The van der Waals surface area contributed by atoms with E-state index < -0.39 is 0 Å². The fourth-order valence-corrected chi connectivity index (χ4v) is 2.84. The van der Waals surface area contributed by atoms with E-state index in [0.717, 1.165) is 19.8 Å². The van der Waals surface area contributed by atoms with E-state index in [9.17, 15) is 4.79 Å². The standard InChI is InChI=1S/C11H8Br2N2O/c1-6(16)15-11-9(13)5-8(12)7-3-2-4-14-10(7)11/h2-5H,1H3,(H,15,16). The molecular formula is C11H8Br2N2O. The Hall–Kier alpha value is -0.940. The largest absolute Gasteiger partial charge is 0.324 e. The maximum atomic E-state index is 11.1. The highest BCUT2D eigenvalue weighted by Crippen LogP contribution is 2.35. The second-order valence-corrected chi connectivity index (χ2v) is 5.00. The predicted molar refractivity (Wildman–Crippen MR) is 71.4 cm³/mol. The monoisotopic (exact) mass is 342 g/mol. The van der Waals surface area contributed by atoms with Crippen LogP contribution in [-0.4, -0.2) is 10.9 Å². The predicted octanol–water partition coefficient (Wildman–Crippen LogP) is 3.72. The van der Waals surface area contributed by atoms with Crippen LogP contribution in [-0.2, 0) is 4.79 Å². The van der Waals surface area contributed by atoms with Gasteiger partial charge in [0.25, 0.3) is 0 Å². The zero-order chi connectivity index (χ0) is 11.7. The highest BCUT2D eigenvalue weighted by molar-refractivity contribution is 9.11. The number of nitrogens with one attached hydrogen (secondary N) is 1. The molecule has 3 nitrogen and oxygen atoms in total. The Bertz CT molecular complexity index is 569. The molecule has 5 heteroatoms. The van der Waals surface area contributed by atoms with E-state index in [1.54, 1.807) is 6.20 Å². The molecule has 0 spiro atoms. The smallest absolute Gasteiger partial charge is 0.221 e. The Labute approximate surface area is 110 Å². The number of pyridine rings is 1. The minimum atomic E-state index is -0.116. The van der Waals surface area contributed by atoms with Crippen molar-refractivity contribution in [2.24, 2.45) is 0 Å². The van der Waals surface area contributed by atoms with Gasteiger partial charge in [-0.05, 0) is 28.1 Å². The molecule has 0 unspecified atom stereocenters. The van der Waals surface area contributed by atoms with Gasteiger partial charge in [-0.1, -0.05) is 22.0 Å². The number of hydrogen-bond donors (Lipinski definition) is 1. The molecule has 0 atom stereocenters. The summed E-state index contributed by atoms with van der Waals surface area (Å²) in [7, 11) is 0. The molecule has 2 aromatic rings. The molecule has 1 aromatic heterocycles. The van der Waals surface area contributed by atoms with Crippen molar-refractivity contribution >= 4 is 54.4 Å². The van der Waals surface area contributed by atoms with Crippen molar-refractivity contribution < 1.29 is 4.79 Å². The Morgan fingerprint density at radius 2 is 2.12 bits per heavy atom. The molecule has 0 saturated heterocycles. The topological polar surface area (TPSA) is 42.0 Å². The van der Waals surface area contributed by atoms with E-state index in [-0.39, 0.29) is 5.91 Å². The number of nitrogens with zero attached hydrogens (tertiary/aromatic N) is 1. The third-order valence-corrected chi connectivity index (χ3v) is 3.38. The van der Waals surface area contributed by atoms with E-state index in [2.05, 4.69) is 42.2 Å². The van der Waals surface area contributed by atoms with Gasteiger partial charge in [0.1, 0.15) is 0 Å². The molecule has 16 heavy (non-hydrogen) atoms. The van der Waals surface area contributed by atoms with Gasteiger partial charge in [0.05, 0.1) is 11.2 Å². The number of halogens is 2. The van der Waals surface area contributed by atoms with Crippen LogP contribution in [0.2, 0.25) is 0 Å². The molecule has 0 fully saturated rings. The van der Waals surface area contributed by atoms with Gasteiger partial charge in [-0.3, -0.25) is 9.78 Å². The number of fused-ring (bicyclic) bond motifs is 1. The lowest BCUT2D eigenvalue weighted by Gasteiger charge is -2.10. The number of benzene rings is 1. The number of anilines is 1. The fourth-order valence-electron chi connectivity index (χ4n) is 1.47. The Morgan fingerprint density at radius 1 is 1.38 bits per heavy atom. The van der Waals surface area contributed by atoms with E-state index >= 15 is 0 Å². The van der Waals surface area contributed by atoms with Crippen LogP contribution in [0.1, 0.15) is 6.92 Å². The third kappa shape index (κ3) is 2.10. The summed E-state index contributed by atoms with van der Waals surface area (Å²) in [5.41, 5.74) is 1.46. The maximum absolute atomic E-state index is 11.1. The Kier molecular flexibility index (Phi) is 3.25. The minimum absolute atomic E-state index is 0.116. The van der Waals surface area contributed by atoms with E-state index in [1.165, 1.54) is 6.92 Å². The first-order valence-corrected chi connectivity index (χ1v) is 6.18. The van der Waals surface area contributed by atoms with Crippen LogP contribution in [0.3, 0.4) is 0 Å². The maximum Gasteiger partial charge on any atom is 0.221 e. The van der Waals surface area contributed by atoms with Crippen LogP contribution in [0.15, 0.2) is 33.3 Å². The molecule has 0 bridgehead atoms. The van der Waals surface area contributed by atoms with Gasteiger partial charge in [0.15, 0.2) is 0 Å². The van der Waals surface area contributed by atoms with Gasteiger partial charge >= 0.3 is 0 Å². The molecule has 0 aliphatic rings. The van der Waals surface area contributed by atoms with Gasteiger partial charge < -0.3 is 5.32 Å². The van der Waals surface area contributed by atoms with E-state index in [1.807, 2.05) is 18.2 Å². The lowest BCUT2D eigenvalue weighted by atomic mass is 10.2. The number of amides is 1.